The highest BCUT2D eigenvalue weighted by atomic mass is 32.1. The van der Waals surface area contributed by atoms with Gasteiger partial charge in [0.25, 0.3) is 0 Å². The van der Waals surface area contributed by atoms with Gasteiger partial charge in [0.05, 0.1) is 22.1 Å². The van der Waals surface area contributed by atoms with Crippen molar-refractivity contribution in [2.45, 2.75) is 19.8 Å². The number of aromatic nitrogens is 1. The third-order valence-corrected chi connectivity index (χ3v) is 4.79. The number of nitrogens with zero attached hydrogens (tertiary/aromatic N) is 1. The molecule has 0 saturated carbocycles. The van der Waals surface area contributed by atoms with Crippen molar-refractivity contribution in [2.75, 3.05) is 5.32 Å². The Morgan fingerprint density at radius 1 is 1.27 bits per heavy atom. The Bertz CT molecular complexity index is 766. The molecule has 2 N–H and O–H groups in total. The Morgan fingerprint density at radius 2 is 2.00 bits per heavy atom. The molecule has 0 saturated heterocycles. The van der Waals surface area contributed by atoms with E-state index < -0.39 is 17.8 Å². The number of hydrogen-bond donors (Lipinski definition) is 2. The maximum Gasteiger partial charge on any atom is 0.307 e. The minimum absolute atomic E-state index is 0.271. The number of allylic oxidation sites excluding steroid dienone is 2. The Morgan fingerprint density at radius 3 is 2.73 bits per heavy atom. The number of carboxylic acid groups (broad SMARTS) is 1. The number of benzene rings is 1. The molecule has 0 aliphatic heterocycles. The van der Waals surface area contributed by atoms with Gasteiger partial charge >= 0.3 is 5.97 Å². The minimum Gasteiger partial charge on any atom is -0.481 e. The summed E-state index contributed by atoms with van der Waals surface area (Å²) >= 11 is 1.40. The monoisotopic (exact) mass is 316 g/mol. The summed E-state index contributed by atoms with van der Waals surface area (Å²) in [5, 5.41) is 12.5. The van der Waals surface area contributed by atoms with Gasteiger partial charge in [0.2, 0.25) is 5.91 Å². The molecule has 1 heterocycles. The van der Waals surface area contributed by atoms with Crippen LogP contribution < -0.4 is 5.32 Å². The zero-order chi connectivity index (χ0) is 15.7. The van der Waals surface area contributed by atoms with Crippen LogP contribution in [0.5, 0.6) is 0 Å². The molecule has 0 radical (unpaired) electrons. The predicted octanol–water partition coefficient (Wildman–Crippen LogP) is 3.21. The number of nitrogens with one attached hydrogen (secondary N) is 1. The summed E-state index contributed by atoms with van der Waals surface area (Å²) in [5.41, 5.74) is 1.97. The molecule has 22 heavy (non-hydrogen) atoms. The molecule has 1 aliphatic carbocycles. The lowest BCUT2D eigenvalue weighted by Crippen LogP contribution is -2.34. The van der Waals surface area contributed by atoms with Gasteiger partial charge in [0.15, 0.2) is 5.13 Å². The smallest absolute Gasteiger partial charge is 0.307 e. The van der Waals surface area contributed by atoms with E-state index in [0.717, 1.165) is 15.8 Å². The van der Waals surface area contributed by atoms with E-state index in [1.807, 2.05) is 37.3 Å². The normalized spacial score (nSPS) is 21.0. The SMILES string of the molecule is Cc1ccc2nc(NC(=O)[C@@H]3CC=CC[C@H]3C(=O)O)sc2c1. The number of fused-ring (bicyclic) bond motifs is 1. The maximum absolute atomic E-state index is 12.4. The predicted molar refractivity (Wildman–Crippen MR) is 86.0 cm³/mol. The minimum atomic E-state index is -0.926. The molecule has 1 aliphatic rings. The average Bonchev–Trinajstić information content (AvgIpc) is 2.88. The summed E-state index contributed by atoms with van der Waals surface area (Å²) in [6.07, 6.45) is 4.54. The molecule has 0 spiro atoms. The standard InChI is InChI=1S/C16H16N2O3S/c1-9-6-7-12-13(8-9)22-16(17-12)18-14(19)10-4-2-3-5-11(10)15(20)21/h2-3,6-8,10-11H,4-5H2,1H3,(H,20,21)(H,17,18,19)/t10-,11-/m1/s1. The molecular weight excluding hydrogens is 300 g/mol. The lowest BCUT2D eigenvalue weighted by atomic mass is 9.82. The van der Waals surface area contributed by atoms with Crippen molar-refractivity contribution in [3.8, 4) is 0 Å². The summed E-state index contributed by atoms with van der Waals surface area (Å²) in [4.78, 5) is 28.0. The number of carboxylic acids is 1. The van der Waals surface area contributed by atoms with E-state index >= 15 is 0 Å². The first-order chi connectivity index (χ1) is 10.5. The molecule has 3 rings (SSSR count). The lowest BCUT2D eigenvalue weighted by Gasteiger charge is -2.23. The van der Waals surface area contributed by atoms with Gasteiger partial charge in [-0.25, -0.2) is 4.98 Å². The van der Waals surface area contributed by atoms with Crippen molar-refractivity contribution in [1.29, 1.82) is 0 Å². The van der Waals surface area contributed by atoms with Crippen LogP contribution in [-0.4, -0.2) is 22.0 Å². The van der Waals surface area contributed by atoms with E-state index in [9.17, 15) is 14.7 Å². The van der Waals surface area contributed by atoms with Crippen LogP contribution in [0.3, 0.4) is 0 Å². The molecule has 0 fully saturated rings. The summed E-state index contributed by atoms with van der Waals surface area (Å²) in [5.74, 6) is -2.41. The first kappa shape index (κ1) is 14.7. The van der Waals surface area contributed by atoms with E-state index in [1.165, 1.54) is 11.3 Å². The highest BCUT2D eigenvalue weighted by molar-refractivity contribution is 7.22. The van der Waals surface area contributed by atoms with Crippen LogP contribution in [0.2, 0.25) is 0 Å². The van der Waals surface area contributed by atoms with Crippen LogP contribution in [0.15, 0.2) is 30.4 Å². The number of carbonyl (C=O) groups is 2. The van der Waals surface area contributed by atoms with Gasteiger partial charge in [-0.05, 0) is 37.5 Å². The van der Waals surface area contributed by atoms with E-state index in [1.54, 1.807) is 0 Å². The summed E-state index contributed by atoms with van der Waals surface area (Å²) in [6.45, 7) is 2.00. The lowest BCUT2D eigenvalue weighted by molar-refractivity contribution is -0.146. The van der Waals surface area contributed by atoms with Crippen molar-refractivity contribution in [3.63, 3.8) is 0 Å². The molecular formula is C16H16N2O3S. The molecule has 2 aromatic rings. The molecule has 5 nitrogen and oxygen atoms in total. The number of anilines is 1. The second-order valence-corrected chi connectivity index (χ2v) is 6.50. The van der Waals surface area contributed by atoms with E-state index in [2.05, 4.69) is 10.3 Å². The Kier molecular flexibility index (Phi) is 3.94. The van der Waals surface area contributed by atoms with Gasteiger partial charge in [-0.1, -0.05) is 29.6 Å². The number of hydrogen-bond acceptors (Lipinski definition) is 4. The third-order valence-electron chi connectivity index (χ3n) is 3.86. The van der Waals surface area contributed by atoms with Crippen molar-refractivity contribution in [1.82, 2.24) is 4.98 Å². The molecule has 0 unspecified atom stereocenters. The number of aliphatic carboxylic acids is 1. The summed E-state index contributed by atoms with van der Waals surface area (Å²) in [7, 11) is 0. The maximum atomic E-state index is 12.4. The fourth-order valence-corrected chi connectivity index (χ4v) is 3.63. The Balaban J connectivity index is 1.80. The summed E-state index contributed by atoms with van der Waals surface area (Å²) < 4.78 is 1.01. The van der Waals surface area contributed by atoms with Gasteiger partial charge < -0.3 is 10.4 Å². The number of rotatable bonds is 3. The fraction of sp³-hybridized carbons (Fsp3) is 0.312. The number of carbonyl (C=O) groups excluding carboxylic acids is 1. The number of amides is 1. The quantitative estimate of drug-likeness (QED) is 0.852. The van der Waals surface area contributed by atoms with E-state index in [0.29, 0.717) is 18.0 Å². The van der Waals surface area contributed by atoms with Crippen LogP contribution in [0.25, 0.3) is 10.2 Å². The fourth-order valence-electron chi connectivity index (χ4n) is 2.66. The van der Waals surface area contributed by atoms with E-state index in [-0.39, 0.29) is 5.91 Å². The van der Waals surface area contributed by atoms with Crippen LogP contribution in [0.1, 0.15) is 18.4 Å². The molecule has 1 aromatic carbocycles. The highest BCUT2D eigenvalue weighted by Gasteiger charge is 2.34. The topological polar surface area (TPSA) is 79.3 Å². The van der Waals surface area contributed by atoms with Gasteiger partial charge in [-0.3, -0.25) is 9.59 Å². The first-order valence-corrected chi connectivity index (χ1v) is 7.92. The third kappa shape index (κ3) is 2.87. The molecule has 6 heteroatoms. The van der Waals surface area contributed by atoms with E-state index in [4.69, 9.17) is 0 Å². The molecule has 114 valence electrons. The average molecular weight is 316 g/mol. The van der Waals surface area contributed by atoms with Crippen molar-refractivity contribution < 1.29 is 14.7 Å². The Hall–Kier alpha value is -2.21. The number of thiazole rings is 1. The van der Waals surface area contributed by atoms with Gasteiger partial charge in [-0.2, -0.15) is 0 Å². The van der Waals surface area contributed by atoms with Gasteiger partial charge in [0.1, 0.15) is 0 Å². The summed E-state index contributed by atoms with van der Waals surface area (Å²) in [6, 6.07) is 5.91. The highest BCUT2D eigenvalue weighted by Crippen LogP contribution is 2.30. The molecule has 0 bridgehead atoms. The zero-order valence-electron chi connectivity index (χ0n) is 12.1. The largest absolute Gasteiger partial charge is 0.481 e. The molecule has 2 atom stereocenters. The van der Waals surface area contributed by atoms with Crippen LogP contribution in [0.4, 0.5) is 5.13 Å². The van der Waals surface area contributed by atoms with Crippen molar-refractivity contribution >= 4 is 38.6 Å². The van der Waals surface area contributed by atoms with Gasteiger partial charge in [-0.15, -0.1) is 0 Å². The zero-order valence-corrected chi connectivity index (χ0v) is 12.9. The van der Waals surface area contributed by atoms with Crippen LogP contribution in [0, 0.1) is 18.8 Å². The van der Waals surface area contributed by atoms with Crippen molar-refractivity contribution in [3.05, 3.63) is 35.9 Å². The Labute approximate surface area is 131 Å². The second kappa shape index (κ2) is 5.88. The second-order valence-electron chi connectivity index (χ2n) is 5.47. The van der Waals surface area contributed by atoms with Gasteiger partial charge in [0, 0.05) is 0 Å². The van der Waals surface area contributed by atoms with Crippen molar-refractivity contribution in [2.24, 2.45) is 11.8 Å². The van der Waals surface area contributed by atoms with Crippen LogP contribution in [-0.2, 0) is 9.59 Å². The molecule has 1 aromatic heterocycles. The molecule has 1 amide bonds. The van der Waals surface area contributed by atoms with Crippen LogP contribution >= 0.6 is 11.3 Å². The number of aryl methyl sites for hydroxylation is 1. The first-order valence-electron chi connectivity index (χ1n) is 7.10.